The van der Waals surface area contributed by atoms with Crippen molar-refractivity contribution in [2.45, 2.75) is 108 Å². The van der Waals surface area contributed by atoms with Crippen LogP contribution in [-0.4, -0.2) is 84.7 Å². The van der Waals surface area contributed by atoms with E-state index in [1.54, 1.807) is 0 Å². The fourth-order valence-corrected chi connectivity index (χ4v) is 6.58. The van der Waals surface area contributed by atoms with Crippen molar-refractivity contribution in [1.29, 1.82) is 0 Å². The van der Waals surface area contributed by atoms with Crippen LogP contribution in [0, 0.1) is 23.7 Å². The lowest BCUT2D eigenvalue weighted by Crippen LogP contribution is -2.78. The molecule has 0 radical (unpaired) electrons. The third-order valence-electron chi connectivity index (χ3n) is 9.10. The first-order valence-corrected chi connectivity index (χ1v) is 15.4. The number of hydrogen-bond acceptors (Lipinski definition) is 9. The van der Waals surface area contributed by atoms with Gasteiger partial charge in [0.15, 0.2) is 6.10 Å². The van der Waals surface area contributed by atoms with Crippen LogP contribution in [0.3, 0.4) is 0 Å². The van der Waals surface area contributed by atoms with Crippen LogP contribution in [0.1, 0.15) is 72.3 Å². The summed E-state index contributed by atoms with van der Waals surface area (Å²) in [5, 5.41) is 53.2. The van der Waals surface area contributed by atoms with Crippen LogP contribution in [0.5, 0.6) is 0 Å². The van der Waals surface area contributed by atoms with Crippen molar-refractivity contribution in [2.24, 2.45) is 23.7 Å². The molecule has 0 saturated carbocycles. The first kappa shape index (κ1) is 36.2. The molecule has 0 spiro atoms. The number of hydrogen-bond donors (Lipinski definition) is 5. The van der Waals surface area contributed by atoms with Crippen molar-refractivity contribution in [3.05, 3.63) is 48.0 Å². The first-order valence-electron chi connectivity index (χ1n) is 15.4. The Hall–Kier alpha value is -3.32. The minimum atomic E-state index is -3.79. The van der Waals surface area contributed by atoms with Gasteiger partial charge in [0.25, 0.3) is 0 Å². The van der Waals surface area contributed by atoms with Crippen molar-refractivity contribution in [3.8, 4) is 0 Å². The normalized spacial score (nSPS) is 32.0. The van der Waals surface area contributed by atoms with Crippen molar-refractivity contribution >= 4 is 23.9 Å². The lowest BCUT2D eigenvalue weighted by molar-refractivity contribution is -0.374. The molecule has 3 rings (SSSR count). The van der Waals surface area contributed by atoms with Gasteiger partial charge in [-0.2, -0.15) is 0 Å². The van der Waals surface area contributed by atoms with E-state index in [2.05, 4.69) is 6.92 Å². The molecule has 0 aromatic heterocycles. The number of aliphatic carboxylic acids is 3. The van der Waals surface area contributed by atoms with Crippen LogP contribution in [0.4, 0.5) is 0 Å². The average molecular weight is 635 g/mol. The number of fused-ring (bicyclic) bond motifs is 2. The van der Waals surface area contributed by atoms with E-state index in [0.717, 1.165) is 30.9 Å². The van der Waals surface area contributed by atoms with Crippen molar-refractivity contribution in [1.82, 2.24) is 0 Å². The lowest BCUT2D eigenvalue weighted by atomic mass is 9.74. The zero-order valence-electron chi connectivity index (χ0n) is 26.4. The highest BCUT2D eigenvalue weighted by atomic mass is 16.8. The molecule has 5 N–H and O–H groups in total. The zero-order valence-corrected chi connectivity index (χ0v) is 26.4. The number of aliphatic hydroxyl groups excluding tert-OH is 1. The molecular formula is C33H46O12. The average Bonchev–Trinajstić information content (AvgIpc) is 3.19. The SMILES string of the molecule is CC[C@H](C)C[C@H](C)/C=C/C(=O)O[C@@H]1[C@@H](O)[C@@]2(CC[C@@H](C)C[C@H](C)Cc3ccccc3)O[C@H](C(=O)O)[C@@](O)(C(=O)O)[C@]1(C(=O)O)O2. The molecule has 10 atom stereocenters. The van der Waals surface area contributed by atoms with Crippen LogP contribution in [0.25, 0.3) is 0 Å². The Labute approximate surface area is 263 Å². The first-order chi connectivity index (χ1) is 21.0. The third-order valence-corrected chi connectivity index (χ3v) is 9.10. The van der Waals surface area contributed by atoms with Gasteiger partial charge in [0, 0.05) is 12.5 Å². The van der Waals surface area contributed by atoms with Gasteiger partial charge < -0.3 is 39.7 Å². The van der Waals surface area contributed by atoms with E-state index >= 15 is 0 Å². The van der Waals surface area contributed by atoms with Crippen molar-refractivity contribution in [2.75, 3.05) is 0 Å². The van der Waals surface area contributed by atoms with Crippen LogP contribution >= 0.6 is 0 Å². The third kappa shape index (κ3) is 7.24. The van der Waals surface area contributed by atoms with E-state index in [1.165, 1.54) is 6.08 Å². The predicted octanol–water partition coefficient (Wildman–Crippen LogP) is 3.42. The maximum atomic E-state index is 12.9. The molecule has 0 unspecified atom stereocenters. The summed E-state index contributed by atoms with van der Waals surface area (Å²) >= 11 is 0. The number of carboxylic acid groups (broad SMARTS) is 3. The quantitative estimate of drug-likeness (QED) is 0.131. The molecule has 45 heavy (non-hydrogen) atoms. The van der Waals surface area contributed by atoms with Gasteiger partial charge in [0.05, 0.1) is 0 Å². The van der Waals surface area contributed by atoms with E-state index in [1.807, 2.05) is 58.0 Å². The fraction of sp³-hybridized carbons (Fsp3) is 0.636. The predicted molar refractivity (Wildman–Crippen MR) is 160 cm³/mol. The summed E-state index contributed by atoms with van der Waals surface area (Å²) in [7, 11) is 0. The fourth-order valence-electron chi connectivity index (χ4n) is 6.58. The molecular weight excluding hydrogens is 588 g/mol. The zero-order chi connectivity index (χ0) is 33.7. The molecule has 2 heterocycles. The summed E-state index contributed by atoms with van der Waals surface area (Å²) in [5.74, 6) is -9.54. The van der Waals surface area contributed by atoms with Crippen LogP contribution in [0.15, 0.2) is 42.5 Å². The van der Waals surface area contributed by atoms with Gasteiger partial charge in [-0.05, 0) is 54.9 Å². The van der Waals surface area contributed by atoms with Crippen LogP contribution in [-0.2, 0) is 39.8 Å². The monoisotopic (exact) mass is 634 g/mol. The number of aliphatic hydroxyl groups is 2. The lowest BCUT2D eigenvalue weighted by Gasteiger charge is -2.48. The van der Waals surface area contributed by atoms with Gasteiger partial charge in [0.2, 0.25) is 23.1 Å². The highest BCUT2D eigenvalue weighted by molar-refractivity contribution is 5.98. The van der Waals surface area contributed by atoms with Crippen LogP contribution < -0.4 is 0 Å². The second-order valence-corrected chi connectivity index (χ2v) is 12.9. The molecule has 0 aliphatic carbocycles. The van der Waals surface area contributed by atoms with Gasteiger partial charge in [-0.1, -0.05) is 77.4 Å². The molecule has 12 nitrogen and oxygen atoms in total. The van der Waals surface area contributed by atoms with Crippen molar-refractivity contribution < 1.29 is 58.9 Å². The number of rotatable bonds is 16. The van der Waals surface area contributed by atoms with E-state index in [4.69, 9.17) is 14.2 Å². The maximum absolute atomic E-state index is 12.9. The summed E-state index contributed by atoms with van der Waals surface area (Å²) in [6.07, 6.45) is -1.52. The Morgan fingerprint density at radius 2 is 1.60 bits per heavy atom. The topological polar surface area (TPSA) is 197 Å². The largest absolute Gasteiger partial charge is 0.479 e. The Kier molecular flexibility index (Phi) is 11.6. The number of allylic oxidation sites excluding steroid dienone is 1. The van der Waals surface area contributed by atoms with Crippen LogP contribution in [0.2, 0.25) is 0 Å². The molecule has 2 aliphatic rings. The molecule has 12 heteroatoms. The second-order valence-electron chi connectivity index (χ2n) is 12.9. The number of ether oxygens (including phenoxy) is 3. The molecule has 0 amide bonds. The molecule has 1 aromatic rings. The van der Waals surface area contributed by atoms with E-state index in [-0.39, 0.29) is 30.6 Å². The highest BCUT2D eigenvalue weighted by Crippen LogP contribution is 2.55. The number of carbonyl (C=O) groups is 4. The van der Waals surface area contributed by atoms with Gasteiger partial charge in [0.1, 0.15) is 6.10 Å². The Morgan fingerprint density at radius 3 is 2.16 bits per heavy atom. The van der Waals surface area contributed by atoms with E-state index in [0.29, 0.717) is 12.3 Å². The summed E-state index contributed by atoms with van der Waals surface area (Å²) in [6, 6.07) is 9.85. The molecule has 2 fully saturated rings. The minimum Gasteiger partial charge on any atom is -0.479 e. The maximum Gasteiger partial charge on any atom is 0.344 e. The Morgan fingerprint density at radius 1 is 0.956 bits per heavy atom. The summed E-state index contributed by atoms with van der Waals surface area (Å²) in [4.78, 5) is 50.5. The molecule has 250 valence electrons. The smallest absolute Gasteiger partial charge is 0.344 e. The Bertz CT molecular complexity index is 1250. The number of carbonyl (C=O) groups excluding carboxylic acids is 1. The van der Waals surface area contributed by atoms with E-state index in [9.17, 15) is 44.7 Å². The molecule has 2 saturated heterocycles. The second kappa shape index (κ2) is 14.4. The number of benzene rings is 1. The molecule has 2 bridgehead atoms. The van der Waals surface area contributed by atoms with Gasteiger partial charge in [-0.3, -0.25) is 0 Å². The number of esters is 1. The summed E-state index contributed by atoms with van der Waals surface area (Å²) in [6.45, 7) is 9.91. The summed E-state index contributed by atoms with van der Waals surface area (Å²) < 4.78 is 16.6. The highest BCUT2D eigenvalue weighted by Gasteiger charge is 2.85. The number of carboxylic acids is 3. The van der Waals surface area contributed by atoms with Gasteiger partial charge >= 0.3 is 23.9 Å². The Balaban J connectivity index is 1.93. The molecule has 1 aromatic carbocycles. The van der Waals surface area contributed by atoms with Crippen molar-refractivity contribution in [3.63, 3.8) is 0 Å². The minimum absolute atomic E-state index is 0.0585. The summed E-state index contributed by atoms with van der Waals surface area (Å²) in [5.41, 5.74) is -6.06. The van der Waals surface area contributed by atoms with Gasteiger partial charge in [-0.25, -0.2) is 19.2 Å². The molecule has 2 aliphatic heterocycles. The standard InChI is InChI=1S/C33H46O12/c1-6-19(2)16-20(3)12-13-24(34)43-26-25(35)31(15-14-21(4)17-22(5)18-23-10-8-7-9-11-23)44-27(28(36)37)32(42,29(38)39)33(26,45-31)30(40)41/h7-13,19-22,25-27,35,42H,6,14-18H2,1-5H3,(H,36,37)(H,38,39)(H,40,41)/b13-12+/t19-,20+,21+,22-,25+,26+,27+,31-,32+,33-/m0/s1. The van der Waals surface area contributed by atoms with Gasteiger partial charge in [-0.15, -0.1) is 0 Å². The van der Waals surface area contributed by atoms with E-state index < -0.39 is 59.2 Å².